The van der Waals surface area contributed by atoms with E-state index in [1.165, 1.54) is 0 Å². The Hall–Kier alpha value is -3.02. The van der Waals surface area contributed by atoms with Crippen LogP contribution < -0.4 is 0 Å². The number of hydrogen-bond acceptors (Lipinski definition) is 4. The Balaban J connectivity index is 1.92. The van der Waals surface area contributed by atoms with Gasteiger partial charge < -0.3 is 0 Å². The quantitative estimate of drug-likeness (QED) is 0.462. The van der Waals surface area contributed by atoms with Crippen LogP contribution in [-0.4, -0.2) is 18.4 Å². The summed E-state index contributed by atoms with van der Waals surface area (Å²) in [6.07, 6.45) is 3.38. The van der Waals surface area contributed by atoms with E-state index in [2.05, 4.69) is 9.97 Å². The summed E-state index contributed by atoms with van der Waals surface area (Å²) in [5.74, 6) is 0. The Kier molecular flexibility index (Phi) is 4.94. The molecule has 0 fully saturated rings. The fourth-order valence-corrected chi connectivity index (χ4v) is 4.34. The van der Waals surface area contributed by atoms with E-state index in [-0.39, 0.29) is 15.6 Å². The van der Waals surface area contributed by atoms with Gasteiger partial charge in [0.2, 0.25) is 9.84 Å². The molecule has 138 valence electrons. The smallest absolute Gasteiger partial charge is 0.226 e. The van der Waals surface area contributed by atoms with Crippen LogP contribution in [0, 0.1) is 0 Å². The molecule has 0 aliphatic rings. The molecule has 0 amide bonds. The van der Waals surface area contributed by atoms with Gasteiger partial charge in [0, 0.05) is 5.02 Å². The zero-order valence-electron chi connectivity index (χ0n) is 14.7. The minimum absolute atomic E-state index is 0.0827. The van der Waals surface area contributed by atoms with E-state index in [4.69, 9.17) is 11.6 Å². The maximum atomic E-state index is 13.2. The molecule has 0 unspecified atom stereocenters. The standard InChI is InChI=1S/C22H15ClN2O2S/c23-18-11-5-4-8-16(18)14-15-21-22(25-20-13-7-6-12-19(20)24-21)28(26,27)17-9-2-1-3-10-17/h1-15H. The maximum absolute atomic E-state index is 13.2. The van der Waals surface area contributed by atoms with Crippen LogP contribution in [0.4, 0.5) is 0 Å². The zero-order chi connectivity index (χ0) is 19.6. The predicted molar refractivity (Wildman–Crippen MR) is 112 cm³/mol. The molecule has 0 aliphatic heterocycles. The van der Waals surface area contributed by atoms with E-state index >= 15 is 0 Å². The normalized spacial score (nSPS) is 11.9. The summed E-state index contributed by atoms with van der Waals surface area (Å²) >= 11 is 6.21. The molecule has 4 rings (SSSR count). The van der Waals surface area contributed by atoms with Crippen molar-refractivity contribution in [3.63, 3.8) is 0 Å². The first-order chi connectivity index (χ1) is 13.6. The second-order valence-corrected chi connectivity index (χ2v) is 8.35. The fourth-order valence-electron chi connectivity index (χ4n) is 2.79. The highest BCUT2D eigenvalue weighted by Crippen LogP contribution is 2.26. The Morgan fingerprint density at radius 2 is 1.32 bits per heavy atom. The number of halogens is 1. The van der Waals surface area contributed by atoms with Gasteiger partial charge in [0.05, 0.1) is 15.9 Å². The number of benzene rings is 3. The van der Waals surface area contributed by atoms with Gasteiger partial charge in [-0.25, -0.2) is 18.4 Å². The van der Waals surface area contributed by atoms with Crippen LogP contribution in [0.1, 0.15) is 11.3 Å². The van der Waals surface area contributed by atoms with Gasteiger partial charge in [-0.2, -0.15) is 0 Å². The Morgan fingerprint density at radius 1 is 0.714 bits per heavy atom. The van der Waals surface area contributed by atoms with Crippen molar-refractivity contribution in [1.29, 1.82) is 0 Å². The second-order valence-electron chi connectivity index (χ2n) is 6.07. The second kappa shape index (κ2) is 7.54. The number of hydrogen-bond donors (Lipinski definition) is 0. The van der Waals surface area contributed by atoms with Gasteiger partial charge in [0.15, 0.2) is 5.03 Å². The van der Waals surface area contributed by atoms with Crippen molar-refractivity contribution in [2.24, 2.45) is 0 Å². The van der Waals surface area contributed by atoms with E-state index in [0.29, 0.717) is 16.1 Å². The van der Waals surface area contributed by atoms with Crippen LogP contribution in [0.2, 0.25) is 5.02 Å². The first kappa shape index (κ1) is 18.3. The minimum Gasteiger partial charge on any atom is -0.244 e. The fraction of sp³-hybridized carbons (Fsp3) is 0. The summed E-state index contributed by atoms with van der Waals surface area (Å²) in [5.41, 5.74) is 2.17. The Morgan fingerprint density at radius 3 is 2.04 bits per heavy atom. The summed E-state index contributed by atoms with van der Waals surface area (Å²) in [7, 11) is -3.83. The first-order valence-electron chi connectivity index (χ1n) is 8.55. The number of rotatable bonds is 4. The highest BCUT2D eigenvalue weighted by Gasteiger charge is 2.24. The summed E-state index contributed by atoms with van der Waals surface area (Å²) in [4.78, 5) is 9.14. The van der Waals surface area contributed by atoms with Crippen LogP contribution >= 0.6 is 11.6 Å². The molecule has 0 spiro atoms. The van der Waals surface area contributed by atoms with E-state index in [1.807, 2.05) is 24.3 Å². The van der Waals surface area contributed by atoms with Gasteiger partial charge >= 0.3 is 0 Å². The minimum atomic E-state index is -3.83. The summed E-state index contributed by atoms with van der Waals surface area (Å²) in [5, 5.41) is 0.487. The van der Waals surface area contributed by atoms with E-state index < -0.39 is 9.84 Å². The molecule has 1 aromatic heterocycles. The van der Waals surface area contributed by atoms with Gasteiger partial charge in [0.1, 0.15) is 5.69 Å². The molecule has 0 aliphatic carbocycles. The average molecular weight is 407 g/mol. The molecule has 6 heteroatoms. The SMILES string of the molecule is O=S(=O)(c1ccccc1)c1nc2ccccc2nc1C=Cc1ccccc1Cl. The summed E-state index contributed by atoms with van der Waals surface area (Å²) in [6.45, 7) is 0. The molecule has 1 heterocycles. The maximum Gasteiger partial charge on any atom is 0.226 e. The third kappa shape index (κ3) is 3.54. The third-order valence-electron chi connectivity index (χ3n) is 4.20. The molecule has 0 atom stereocenters. The van der Waals surface area contributed by atoms with E-state index in [9.17, 15) is 8.42 Å². The first-order valence-corrected chi connectivity index (χ1v) is 10.4. The van der Waals surface area contributed by atoms with Crippen molar-refractivity contribution in [2.45, 2.75) is 9.92 Å². The Labute approximate surface area is 168 Å². The molecule has 4 aromatic rings. The van der Waals surface area contributed by atoms with Crippen molar-refractivity contribution in [3.05, 3.63) is 95.1 Å². The van der Waals surface area contributed by atoms with Gasteiger partial charge in [-0.3, -0.25) is 0 Å². The van der Waals surface area contributed by atoms with Crippen molar-refractivity contribution >= 4 is 44.6 Å². The molecule has 4 nitrogen and oxygen atoms in total. The topological polar surface area (TPSA) is 59.9 Å². The van der Waals surface area contributed by atoms with Crippen molar-refractivity contribution in [3.8, 4) is 0 Å². The molecule has 0 saturated carbocycles. The number of fused-ring (bicyclic) bond motifs is 1. The van der Waals surface area contributed by atoms with E-state index in [1.54, 1.807) is 66.7 Å². The van der Waals surface area contributed by atoms with Gasteiger partial charge in [0.25, 0.3) is 0 Å². The molecule has 0 bridgehead atoms. The lowest BCUT2D eigenvalue weighted by molar-refractivity contribution is 0.592. The molecule has 0 saturated heterocycles. The molecular weight excluding hydrogens is 392 g/mol. The van der Waals surface area contributed by atoms with Crippen LogP contribution in [0.5, 0.6) is 0 Å². The lowest BCUT2D eigenvalue weighted by Gasteiger charge is -2.08. The highest BCUT2D eigenvalue weighted by molar-refractivity contribution is 7.91. The van der Waals surface area contributed by atoms with Crippen molar-refractivity contribution in [2.75, 3.05) is 0 Å². The van der Waals surface area contributed by atoms with Crippen LogP contribution in [0.15, 0.2) is 88.8 Å². The molecule has 3 aromatic carbocycles. The summed E-state index contributed by atoms with van der Waals surface area (Å²) in [6, 6.07) is 22.7. The summed E-state index contributed by atoms with van der Waals surface area (Å²) < 4.78 is 26.4. The van der Waals surface area contributed by atoms with Crippen molar-refractivity contribution in [1.82, 2.24) is 9.97 Å². The average Bonchev–Trinajstić information content (AvgIpc) is 2.73. The van der Waals surface area contributed by atoms with Gasteiger partial charge in [-0.05, 0) is 42.0 Å². The Bertz CT molecular complexity index is 1290. The monoisotopic (exact) mass is 406 g/mol. The number of aromatic nitrogens is 2. The van der Waals surface area contributed by atoms with Gasteiger partial charge in [-0.1, -0.05) is 66.2 Å². The van der Waals surface area contributed by atoms with Gasteiger partial charge in [-0.15, -0.1) is 0 Å². The van der Waals surface area contributed by atoms with Crippen LogP contribution in [0.3, 0.4) is 0 Å². The number of para-hydroxylation sites is 2. The van der Waals surface area contributed by atoms with Crippen LogP contribution in [0.25, 0.3) is 23.2 Å². The molecule has 28 heavy (non-hydrogen) atoms. The molecule has 0 N–H and O–H groups in total. The van der Waals surface area contributed by atoms with Crippen LogP contribution in [-0.2, 0) is 9.84 Å². The number of sulfone groups is 1. The van der Waals surface area contributed by atoms with Crippen molar-refractivity contribution < 1.29 is 8.42 Å². The molecular formula is C22H15ClN2O2S. The predicted octanol–water partition coefficient (Wildman–Crippen LogP) is 5.29. The third-order valence-corrected chi connectivity index (χ3v) is 6.24. The molecule has 0 radical (unpaired) electrons. The lowest BCUT2D eigenvalue weighted by atomic mass is 10.2. The lowest BCUT2D eigenvalue weighted by Crippen LogP contribution is -2.08. The van der Waals surface area contributed by atoms with E-state index in [0.717, 1.165) is 5.56 Å². The highest BCUT2D eigenvalue weighted by atomic mass is 35.5. The largest absolute Gasteiger partial charge is 0.244 e. The number of nitrogens with zero attached hydrogens (tertiary/aromatic N) is 2. The zero-order valence-corrected chi connectivity index (χ0v) is 16.2.